The minimum atomic E-state index is -0.188. The van der Waals surface area contributed by atoms with Crippen LogP contribution < -0.4 is 5.46 Å². The van der Waals surface area contributed by atoms with Crippen LogP contribution in [0.1, 0.15) is 5.56 Å². The van der Waals surface area contributed by atoms with Crippen molar-refractivity contribution < 1.29 is 9.04 Å². The Morgan fingerprint density at radius 3 is 3.18 bits per heavy atom. The van der Waals surface area contributed by atoms with Crippen molar-refractivity contribution in [2.75, 3.05) is 0 Å². The van der Waals surface area contributed by atoms with Crippen LogP contribution in [0.25, 0.3) is 0 Å². The molecule has 1 aliphatic heterocycles. The molecule has 0 amide bonds. The molecule has 4 heteroatoms. The van der Waals surface area contributed by atoms with E-state index in [1.165, 1.54) is 12.1 Å². The molecule has 1 aliphatic rings. The molecule has 1 aromatic rings. The fourth-order valence-electron chi connectivity index (χ4n) is 1.25. The highest BCUT2D eigenvalue weighted by atomic mass is 31.0. The van der Waals surface area contributed by atoms with Gasteiger partial charge in [0.2, 0.25) is 0 Å². The molecule has 1 nitrogen and oxygen atoms in total. The summed E-state index contributed by atoms with van der Waals surface area (Å²) in [5, 5.41) is 0. The predicted octanol–water partition coefficient (Wildman–Crippen LogP) is 0.926. The van der Waals surface area contributed by atoms with Crippen LogP contribution >= 0.6 is 9.12 Å². The van der Waals surface area contributed by atoms with Gasteiger partial charge in [-0.3, -0.25) is 0 Å². The van der Waals surface area contributed by atoms with Gasteiger partial charge in [0.25, 0.3) is 0 Å². The molecule has 2 rings (SSSR count). The maximum absolute atomic E-state index is 12.6. The van der Waals surface area contributed by atoms with Crippen molar-refractivity contribution >= 4 is 21.2 Å². The van der Waals surface area contributed by atoms with Crippen molar-refractivity contribution in [1.29, 1.82) is 0 Å². The summed E-state index contributed by atoms with van der Waals surface area (Å²) in [6, 6.07) is 4.76. The molecule has 56 valence electrons. The van der Waals surface area contributed by atoms with Crippen molar-refractivity contribution in [1.82, 2.24) is 0 Å². The number of rotatable bonds is 0. The van der Waals surface area contributed by atoms with Gasteiger partial charge in [-0.25, -0.2) is 4.39 Å². The molecule has 0 aliphatic carbocycles. The van der Waals surface area contributed by atoms with Crippen LogP contribution in [0.5, 0.6) is 0 Å². The highest BCUT2D eigenvalue weighted by Crippen LogP contribution is 2.14. The van der Waals surface area contributed by atoms with Gasteiger partial charge in [-0.15, -0.1) is 9.12 Å². The Morgan fingerprint density at radius 2 is 2.36 bits per heavy atom. The molecule has 0 aromatic heterocycles. The number of fused-ring (bicyclic) bond motifs is 1. The SMILES string of the molecule is Fc1ccc2c(c1)COB2P. The Hall–Kier alpha value is -0.395. The van der Waals surface area contributed by atoms with Gasteiger partial charge < -0.3 is 4.65 Å². The second-order valence-electron chi connectivity index (χ2n) is 2.57. The van der Waals surface area contributed by atoms with E-state index in [9.17, 15) is 4.39 Å². The van der Waals surface area contributed by atoms with Crippen LogP contribution in [0, 0.1) is 5.82 Å². The van der Waals surface area contributed by atoms with E-state index in [4.69, 9.17) is 4.65 Å². The molecule has 0 saturated heterocycles. The Kier molecular flexibility index (Phi) is 1.70. The molecular weight excluding hydrogens is 161 g/mol. The summed E-state index contributed by atoms with van der Waals surface area (Å²) in [7, 11) is 2.57. The zero-order valence-corrected chi connectivity index (χ0v) is 7.03. The average molecular weight is 168 g/mol. The summed E-state index contributed by atoms with van der Waals surface area (Å²) in [5.74, 6) is -0.188. The monoisotopic (exact) mass is 168 g/mol. The molecule has 1 aromatic carbocycles. The predicted molar refractivity (Wildman–Crippen MR) is 46.3 cm³/mol. The lowest BCUT2D eigenvalue weighted by Crippen LogP contribution is -2.20. The first kappa shape index (κ1) is 7.26. The Labute approximate surface area is 67.2 Å². The summed E-state index contributed by atoms with van der Waals surface area (Å²) in [6.45, 7) is 0.576. The normalized spacial score (nSPS) is 15.3. The van der Waals surface area contributed by atoms with Crippen LogP contribution in [0.4, 0.5) is 4.39 Å². The topological polar surface area (TPSA) is 9.23 Å². The third-order valence-electron chi connectivity index (χ3n) is 1.83. The molecule has 1 unspecified atom stereocenters. The van der Waals surface area contributed by atoms with E-state index in [-0.39, 0.29) is 12.5 Å². The van der Waals surface area contributed by atoms with Crippen LogP contribution in [0.3, 0.4) is 0 Å². The largest absolute Gasteiger partial charge is 0.423 e. The van der Waals surface area contributed by atoms with Gasteiger partial charge >= 0.3 is 6.64 Å². The van der Waals surface area contributed by atoms with Crippen molar-refractivity contribution in [3.8, 4) is 0 Å². The minimum Gasteiger partial charge on any atom is -0.423 e. The molecule has 0 N–H and O–H groups in total. The second kappa shape index (κ2) is 2.58. The zero-order valence-electron chi connectivity index (χ0n) is 5.88. The Balaban J connectivity index is 2.50. The maximum atomic E-state index is 12.6. The van der Waals surface area contributed by atoms with E-state index in [0.717, 1.165) is 11.0 Å². The summed E-state index contributed by atoms with van der Waals surface area (Å²) in [5.41, 5.74) is 2.04. The van der Waals surface area contributed by atoms with Crippen molar-refractivity contribution in [2.24, 2.45) is 0 Å². The van der Waals surface area contributed by atoms with E-state index in [2.05, 4.69) is 9.12 Å². The molecule has 0 fully saturated rings. The number of benzene rings is 1. The Bertz CT molecular complexity index is 292. The van der Waals surface area contributed by atoms with Crippen LogP contribution in [-0.2, 0) is 11.3 Å². The third-order valence-corrected chi connectivity index (χ3v) is 2.38. The van der Waals surface area contributed by atoms with Crippen LogP contribution in [0.2, 0.25) is 0 Å². The third kappa shape index (κ3) is 1.19. The van der Waals surface area contributed by atoms with Gasteiger partial charge in [-0.1, -0.05) is 6.07 Å². The number of halogens is 1. The molecule has 0 saturated carbocycles. The molecule has 0 spiro atoms. The van der Waals surface area contributed by atoms with Gasteiger partial charge in [-0.2, -0.15) is 0 Å². The lowest BCUT2D eigenvalue weighted by atomic mass is 9.85. The minimum absolute atomic E-state index is 0.0469. The Morgan fingerprint density at radius 1 is 1.55 bits per heavy atom. The van der Waals surface area contributed by atoms with Crippen LogP contribution in [-0.4, -0.2) is 6.64 Å². The first-order valence-corrected chi connectivity index (χ1v) is 4.09. The second-order valence-corrected chi connectivity index (χ2v) is 3.18. The van der Waals surface area contributed by atoms with Crippen LogP contribution in [0.15, 0.2) is 18.2 Å². The van der Waals surface area contributed by atoms with Gasteiger partial charge in [-0.05, 0) is 23.2 Å². The lowest BCUT2D eigenvalue weighted by Gasteiger charge is -1.96. The van der Waals surface area contributed by atoms with Crippen molar-refractivity contribution in [3.05, 3.63) is 29.6 Å². The molecule has 0 radical (unpaired) electrons. The van der Waals surface area contributed by atoms with E-state index < -0.39 is 0 Å². The summed E-state index contributed by atoms with van der Waals surface area (Å²) < 4.78 is 17.9. The van der Waals surface area contributed by atoms with E-state index in [1.807, 2.05) is 0 Å². The molecule has 11 heavy (non-hydrogen) atoms. The smallest absolute Gasteiger partial charge is 0.349 e. The standard InChI is InChI=1S/C7H7BFOP/c9-6-1-2-7-5(3-6)4-10-8(7)11/h1-3H,4,11H2. The van der Waals surface area contributed by atoms with Gasteiger partial charge in [0.05, 0.1) is 6.61 Å². The molecule has 1 heterocycles. The summed E-state index contributed by atoms with van der Waals surface area (Å²) >= 11 is 0. The van der Waals surface area contributed by atoms with E-state index in [1.54, 1.807) is 6.07 Å². The average Bonchev–Trinajstić information content (AvgIpc) is 2.32. The quantitative estimate of drug-likeness (QED) is 0.413. The van der Waals surface area contributed by atoms with E-state index in [0.29, 0.717) is 6.61 Å². The van der Waals surface area contributed by atoms with Gasteiger partial charge in [0.1, 0.15) is 5.82 Å². The van der Waals surface area contributed by atoms with Gasteiger partial charge in [0.15, 0.2) is 0 Å². The first-order valence-electron chi connectivity index (χ1n) is 3.43. The van der Waals surface area contributed by atoms with E-state index >= 15 is 0 Å². The van der Waals surface area contributed by atoms with Crippen molar-refractivity contribution in [3.63, 3.8) is 0 Å². The molecule has 0 bridgehead atoms. The van der Waals surface area contributed by atoms with Crippen molar-refractivity contribution in [2.45, 2.75) is 6.61 Å². The first-order chi connectivity index (χ1) is 5.27. The zero-order chi connectivity index (χ0) is 7.84. The van der Waals surface area contributed by atoms with Gasteiger partial charge in [0, 0.05) is 0 Å². The molecular formula is C7H7BFOP. The molecule has 1 atom stereocenters. The fraction of sp³-hybridized carbons (Fsp3) is 0.143. The fourth-order valence-corrected chi connectivity index (χ4v) is 1.67. The highest BCUT2D eigenvalue weighted by Gasteiger charge is 2.23. The lowest BCUT2D eigenvalue weighted by molar-refractivity contribution is 0.341. The summed E-state index contributed by atoms with van der Waals surface area (Å²) in [4.78, 5) is 0. The highest BCUT2D eigenvalue weighted by molar-refractivity contribution is 7.63. The number of hydrogen-bond donors (Lipinski definition) is 0. The summed E-state index contributed by atoms with van der Waals surface area (Å²) in [6.07, 6.45) is 0. The number of hydrogen-bond acceptors (Lipinski definition) is 1. The maximum Gasteiger partial charge on any atom is 0.349 e.